The van der Waals surface area contributed by atoms with Crippen LogP contribution in [0.1, 0.15) is 322 Å². The zero-order valence-corrected chi connectivity index (χ0v) is 50.5. The Bertz CT molecular complexity index is 1350. The Balaban J connectivity index is 2.04. The van der Waals surface area contributed by atoms with Crippen LogP contribution in [0.15, 0.2) is 48.6 Å². The molecule has 0 aliphatic carbocycles. The highest BCUT2D eigenvalue weighted by atomic mass is 16.7. The lowest BCUT2D eigenvalue weighted by atomic mass is 9.99. The van der Waals surface area contributed by atoms with E-state index in [9.17, 15) is 30.3 Å². The maximum atomic E-state index is 13.1. The first-order chi connectivity index (χ1) is 37.8. The van der Waals surface area contributed by atoms with Gasteiger partial charge in [0.15, 0.2) is 6.29 Å². The molecule has 0 aromatic carbocycles. The highest BCUT2D eigenvalue weighted by molar-refractivity contribution is 5.76. The molecule has 452 valence electrons. The summed E-state index contributed by atoms with van der Waals surface area (Å²) in [7, 11) is 0. The maximum absolute atomic E-state index is 13.1. The van der Waals surface area contributed by atoms with E-state index >= 15 is 0 Å². The molecule has 6 N–H and O–H groups in total. The number of rotatable bonds is 58. The van der Waals surface area contributed by atoms with Crippen LogP contribution in [0.5, 0.6) is 0 Å². The van der Waals surface area contributed by atoms with E-state index in [1.807, 2.05) is 6.08 Å². The van der Waals surface area contributed by atoms with Gasteiger partial charge in [0.05, 0.1) is 25.4 Å². The van der Waals surface area contributed by atoms with Gasteiger partial charge in [-0.2, -0.15) is 0 Å². The summed E-state index contributed by atoms with van der Waals surface area (Å²) in [4.78, 5) is 13.1. The van der Waals surface area contributed by atoms with Crippen molar-refractivity contribution in [3.05, 3.63) is 48.6 Å². The molecule has 7 unspecified atom stereocenters. The minimum atomic E-state index is -1.57. The van der Waals surface area contributed by atoms with Crippen LogP contribution in [-0.4, -0.2) is 87.5 Å². The van der Waals surface area contributed by atoms with E-state index in [0.717, 1.165) is 51.4 Å². The topological polar surface area (TPSA) is 149 Å². The summed E-state index contributed by atoms with van der Waals surface area (Å²) in [5, 5.41) is 54.5. The maximum Gasteiger partial charge on any atom is 0.220 e. The van der Waals surface area contributed by atoms with Crippen molar-refractivity contribution in [1.82, 2.24) is 5.32 Å². The van der Waals surface area contributed by atoms with Crippen molar-refractivity contribution >= 4 is 5.91 Å². The molecule has 1 rings (SSSR count). The van der Waals surface area contributed by atoms with Crippen LogP contribution in [-0.2, 0) is 14.3 Å². The molecule has 0 bridgehead atoms. The van der Waals surface area contributed by atoms with E-state index < -0.39 is 49.5 Å². The number of allylic oxidation sites excluding steroid dienone is 7. The van der Waals surface area contributed by atoms with Crippen molar-refractivity contribution in [2.24, 2.45) is 0 Å². The lowest BCUT2D eigenvalue weighted by Gasteiger charge is -2.40. The number of nitrogens with one attached hydrogen (secondary N) is 1. The van der Waals surface area contributed by atoms with Crippen LogP contribution in [0.3, 0.4) is 0 Å². The molecule has 0 radical (unpaired) electrons. The van der Waals surface area contributed by atoms with Crippen molar-refractivity contribution in [3.8, 4) is 0 Å². The molecule has 0 saturated carbocycles. The predicted molar refractivity (Wildman–Crippen MR) is 327 cm³/mol. The van der Waals surface area contributed by atoms with E-state index in [-0.39, 0.29) is 12.5 Å². The van der Waals surface area contributed by atoms with Crippen LogP contribution >= 0.6 is 0 Å². The van der Waals surface area contributed by atoms with Gasteiger partial charge in [-0.05, 0) is 70.6 Å². The summed E-state index contributed by atoms with van der Waals surface area (Å²) in [6, 6.07) is -0.827. The molecule has 1 aliphatic rings. The van der Waals surface area contributed by atoms with Crippen molar-refractivity contribution < 1.29 is 39.8 Å². The van der Waals surface area contributed by atoms with E-state index in [4.69, 9.17) is 9.47 Å². The summed E-state index contributed by atoms with van der Waals surface area (Å²) in [5.41, 5.74) is 0. The van der Waals surface area contributed by atoms with Crippen LogP contribution in [0.25, 0.3) is 0 Å². The number of carbonyl (C=O) groups is 1. The van der Waals surface area contributed by atoms with E-state index in [0.29, 0.717) is 6.42 Å². The van der Waals surface area contributed by atoms with Crippen molar-refractivity contribution in [2.45, 2.75) is 365 Å². The minimum absolute atomic E-state index is 0.186. The third-order valence-electron chi connectivity index (χ3n) is 15.9. The highest BCUT2D eigenvalue weighted by Crippen LogP contribution is 2.23. The molecule has 7 atom stereocenters. The molecule has 1 saturated heterocycles. The Labute approximate surface area is 475 Å². The third-order valence-corrected chi connectivity index (χ3v) is 15.9. The van der Waals surface area contributed by atoms with Crippen molar-refractivity contribution in [3.63, 3.8) is 0 Å². The van der Waals surface area contributed by atoms with Crippen molar-refractivity contribution in [2.75, 3.05) is 13.2 Å². The number of hydrogen-bond donors (Lipinski definition) is 6. The van der Waals surface area contributed by atoms with Crippen molar-refractivity contribution in [1.29, 1.82) is 0 Å². The largest absolute Gasteiger partial charge is 0.394 e. The SMILES string of the molecule is CCCCCCC/C=C/CC/C=C/CC/C=C/C(O)C(COC1OC(CO)C(O)C(O)C1O)NC(=O)CCCCCCCCCCCCCCCCCCCCCCCCCCCCC/C=C\CCCCCCCCCC. The summed E-state index contributed by atoms with van der Waals surface area (Å²) in [5.74, 6) is -0.186. The fourth-order valence-electron chi connectivity index (χ4n) is 10.6. The molecular formula is C68H127NO8. The Morgan fingerprint density at radius 1 is 0.429 bits per heavy atom. The molecule has 1 heterocycles. The van der Waals surface area contributed by atoms with Gasteiger partial charge in [-0.1, -0.05) is 294 Å². The minimum Gasteiger partial charge on any atom is -0.394 e. The standard InChI is InChI=1S/C68H127NO8/c1-3-5-7-9-11-13-15-17-19-20-21-22-23-24-25-26-27-28-29-30-31-32-33-34-35-36-37-38-39-40-41-42-44-46-48-50-52-54-56-58-64(72)69-61(60-76-68-67(75)66(74)65(73)63(59-70)77-68)62(71)57-55-53-51-49-47-45-43-18-16-14-12-10-8-6-4-2/h16,18,20-21,47,49,55,57,61-63,65-68,70-71,73-75H,3-15,17,19,22-46,48,50-54,56,58-60H2,1-2H3,(H,69,72)/b18-16+,21-20-,49-47+,57-55+. The molecule has 1 aliphatic heterocycles. The molecule has 0 spiro atoms. The third kappa shape index (κ3) is 46.5. The zero-order chi connectivity index (χ0) is 55.8. The number of ether oxygens (including phenoxy) is 2. The van der Waals surface area contributed by atoms with Gasteiger partial charge in [0, 0.05) is 6.42 Å². The lowest BCUT2D eigenvalue weighted by Crippen LogP contribution is -2.60. The number of aliphatic hydroxyl groups excluding tert-OH is 5. The Kier molecular flexibility index (Phi) is 54.5. The molecule has 1 fully saturated rings. The van der Waals surface area contributed by atoms with Gasteiger partial charge in [0.1, 0.15) is 24.4 Å². The quantitative estimate of drug-likeness (QED) is 0.0261. The molecule has 1 amide bonds. The molecule has 9 nitrogen and oxygen atoms in total. The summed E-state index contributed by atoms with van der Waals surface area (Å²) in [6.45, 7) is 3.76. The Morgan fingerprint density at radius 2 is 0.740 bits per heavy atom. The summed E-state index contributed by atoms with van der Waals surface area (Å²) in [6.07, 6.45) is 70.9. The second kappa shape index (κ2) is 57.4. The zero-order valence-electron chi connectivity index (χ0n) is 50.5. The normalized spacial score (nSPS) is 19.0. The van der Waals surface area contributed by atoms with Crippen LogP contribution in [0.4, 0.5) is 0 Å². The number of aliphatic hydroxyl groups is 5. The van der Waals surface area contributed by atoms with Crippen LogP contribution < -0.4 is 5.32 Å². The van der Waals surface area contributed by atoms with Crippen LogP contribution in [0, 0.1) is 0 Å². The Hall–Kier alpha value is -1.85. The summed E-state index contributed by atoms with van der Waals surface area (Å²) >= 11 is 0. The molecule has 0 aromatic rings. The van der Waals surface area contributed by atoms with E-state index in [1.54, 1.807) is 6.08 Å². The fraction of sp³-hybridized carbons (Fsp3) is 0.868. The number of carbonyl (C=O) groups excluding carboxylic acids is 1. The smallest absolute Gasteiger partial charge is 0.220 e. The van der Waals surface area contributed by atoms with Gasteiger partial charge in [-0.25, -0.2) is 0 Å². The number of amides is 1. The van der Waals surface area contributed by atoms with E-state index in [2.05, 4.69) is 55.6 Å². The predicted octanol–water partition coefficient (Wildman–Crippen LogP) is 17.6. The lowest BCUT2D eigenvalue weighted by molar-refractivity contribution is -0.302. The first-order valence-electron chi connectivity index (χ1n) is 33.4. The molecule has 77 heavy (non-hydrogen) atoms. The molecular weight excluding hydrogens is 959 g/mol. The van der Waals surface area contributed by atoms with Gasteiger partial charge >= 0.3 is 0 Å². The first-order valence-corrected chi connectivity index (χ1v) is 33.4. The van der Waals surface area contributed by atoms with Gasteiger partial charge < -0.3 is 40.3 Å². The number of unbranched alkanes of at least 4 members (excludes halogenated alkanes) is 42. The van der Waals surface area contributed by atoms with E-state index in [1.165, 1.54) is 250 Å². The summed E-state index contributed by atoms with van der Waals surface area (Å²) < 4.78 is 11.3. The second-order valence-electron chi connectivity index (χ2n) is 23.2. The van der Waals surface area contributed by atoms with Gasteiger partial charge in [-0.15, -0.1) is 0 Å². The highest BCUT2D eigenvalue weighted by Gasteiger charge is 2.44. The average molecular weight is 1090 g/mol. The number of hydrogen-bond acceptors (Lipinski definition) is 8. The average Bonchev–Trinajstić information content (AvgIpc) is 3.43. The van der Waals surface area contributed by atoms with Gasteiger partial charge in [0.2, 0.25) is 5.91 Å². The first kappa shape index (κ1) is 73.2. The second-order valence-corrected chi connectivity index (χ2v) is 23.2. The Morgan fingerprint density at radius 3 is 1.09 bits per heavy atom. The van der Waals surface area contributed by atoms with Gasteiger partial charge in [-0.3, -0.25) is 4.79 Å². The molecule has 9 heteroatoms. The monoisotopic (exact) mass is 1090 g/mol. The molecule has 0 aromatic heterocycles. The fourth-order valence-corrected chi connectivity index (χ4v) is 10.6. The van der Waals surface area contributed by atoms with Gasteiger partial charge in [0.25, 0.3) is 0 Å². The van der Waals surface area contributed by atoms with Crippen LogP contribution in [0.2, 0.25) is 0 Å².